The molecule has 0 bridgehead atoms. The third-order valence-corrected chi connectivity index (χ3v) is 7.51. The third-order valence-electron chi connectivity index (χ3n) is 5.67. The van der Waals surface area contributed by atoms with Crippen molar-refractivity contribution in [2.75, 3.05) is 18.4 Å². The van der Waals surface area contributed by atoms with Gasteiger partial charge in [-0.05, 0) is 81.4 Å². The van der Waals surface area contributed by atoms with Crippen LogP contribution in [-0.4, -0.2) is 26.8 Å². The molecule has 1 aliphatic rings. The maximum Gasteiger partial charge on any atom is 0.213 e. The molecule has 0 saturated heterocycles. The van der Waals surface area contributed by atoms with Gasteiger partial charge in [0.15, 0.2) is 0 Å². The molecular formula is C22H38N2O2S. The zero-order chi connectivity index (χ0) is 19.9. The second kappa shape index (κ2) is 10.5. The molecule has 0 heterocycles. The summed E-state index contributed by atoms with van der Waals surface area (Å²) >= 11 is 0. The number of anilines is 1. The Labute approximate surface area is 166 Å². The molecule has 2 unspecified atom stereocenters. The van der Waals surface area contributed by atoms with Gasteiger partial charge in [0.1, 0.15) is 0 Å². The van der Waals surface area contributed by atoms with E-state index in [9.17, 15) is 8.42 Å². The number of hydrogen-bond donors (Lipinski definition) is 2. The van der Waals surface area contributed by atoms with Crippen LogP contribution in [0.1, 0.15) is 77.7 Å². The lowest BCUT2D eigenvalue weighted by atomic mass is 9.74. The van der Waals surface area contributed by atoms with Crippen molar-refractivity contribution in [3.8, 4) is 0 Å². The van der Waals surface area contributed by atoms with Gasteiger partial charge >= 0.3 is 0 Å². The Morgan fingerprint density at radius 1 is 0.926 bits per heavy atom. The van der Waals surface area contributed by atoms with E-state index in [4.69, 9.17) is 0 Å². The number of sulfonamides is 1. The van der Waals surface area contributed by atoms with E-state index < -0.39 is 10.0 Å². The molecule has 0 radical (unpaired) electrons. The highest BCUT2D eigenvalue weighted by Gasteiger charge is 2.24. The molecule has 2 N–H and O–H groups in total. The molecule has 154 valence electrons. The van der Waals surface area contributed by atoms with E-state index in [1.807, 2.05) is 0 Å². The molecule has 27 heavy (non-hydrogen) atoms. The standard InChI is InChI=1S/C22H38N2O2S/c1-17(2)27(25,26)24-13-7-5-6-12-23-22-10-8-20(9-11-22)21-15-18(3)14-19(4)16-21/h8-11,17-19,21,23-24H,5-7,12-16H2,1-4H3. The second-order valence-electron chi connectivity index (χ2n) is 8.71. The zero-order valence-electron chi connectivity index (χ0n) is 17.5. The molecule has 0 spiro atoms. The summed E-state index contributed by atoms with van der Waals surface area (Å²) in [5.41, 5.74) is 2.66. The first-order valence-electron chi connectivity index (χ1n) is 10.6. The van der Waals surface area contributed by atoms with Crippen molar-refractivity contribution in [2.45, 2.75) is 77.4 Å². The maximum absolute atomic E-state index is 11.7. The lowest BCUT2D eigenvalue weighted by Gasteiger charge is -2.31. The Hall–Kier alpha value is -1.07. The fourth-order valence-electron chi connectivity index (χ4n) is 4.13. The second-order valence-corrected chi connectivity index (χ2v) is 11.0. The number of benzene rings is 1. The number of rotatable bonds is 10. The summed E-state index contributed by atoms with van der Waals surface area (Å²) in [5, 5.41) is 3.12. The highest BCUT2D eigenvalue weighted by Crippen LogP contribution is 2.39. The molecule has 2 atom stereocenters. The van der Waals surface area contributed by atoms with Gasteiger partial charge < -0.3 is 5.32 Å². The molecule has 0 aliphatic heterocycles. The van der Waals surface area contributed by atoms with E-state index in [0.717, 1.165) is 37.6 Å². The molecule has 1 aromatic rings. The Bertz CT molecular complexity index is 645. The summed E-state index contributed by atoms with van der Waals surface area (Å²) < 4.78 is 26.0. The Balaban J connectivity index is 1.64. The van der Waals surface area contributed by atoms with Crippen LogP contribution < -0.4 is 10.0 Å². The summed E-state index contributed by atoms with van der Waals surface area (Å²) in [4.78, 5) is 0. The van der Waals surface area contributed by atoms with Gasteiger partial charge in [0.05, 0.1) is 5.25 Å². The van der Waals surface area contributed by atoms with Crippen LogP contribution >= 0.6 is 0 Å². The summed E-state index contributed by atoms with van der Waals surface area (Å²) in [6.07, 6.45) is 6.95. The van der Waals surface area contributed by atoms with E-state index in [1.165, 1.54) is 30.5 Å². The van der Waals surface area contributed by atoms with Crippen molar-refractivity contribution in [1.82, 2.24) is 4.72 Å². The minimum atomic E-state index is -3.12. The molecular weight excluding hydrogens is 356 g/mol. The minimum absolute atomic E-state index is 0.359. The van der Waals surface area contributed by atoms with Gasteiger partial charge in [-0.3, -0.25) is 0 Å². The monoisotopic (exact) mass is 394 g/mol. The average Bonchev–Trinajstić information content (AvgIpc) is 2.60. The van der Waals surface area contributed by atoms with Gasteiger partial charge in [0.2, 0.25) is 10.0 Å². The number of hydrogen-bond acceptors (Lipinski definition) is 3. The zero-order valence-corrected chi connectivity index (χ0v) is 18.3. The van der Waals surface area contributed by atoms with Gasteiger partial charge in [0.25, 0.3) is 0 Å². The van der Waals surface area contributed by atoms with Crippen LogP contribution in [0.4, 0.5) is 5.69 Å². The fourth-order valence-corrected chi connectivity index (χ4v) is 4.90. The molecule has 0 amide bonds. The first-order chi connectivity index (χ1) is 12.8. The van der Waals surface area contributed by atoms with E-state index in [0.29, 0.717) is 12.5 Å². The van der Waals surface area contributed by atoms with Crippen molar-refractivity contribution in [1.29, 1.82) is 0 Å². The number of unbranched alkanes of at least 4 members (excludes halogenated alkanes) is 2. The maximum atomic E-state index is 11.7. The Morgan fingerprint density at radius 2 is 1.52 bits per heavy atom. The van der Waals surface area contributed by atoms with Crippen LogP contribution in [0.15, 0.2) is 24.3 Å². The van der Waals surface area contributed by atoms with E-state index in [2.05, 4.69) is 48.2 Å². The van der Waals surface area contributed by atoms with Crippen LogP contribution in [0.25, 0.3) is 0 Å². The lowest BCUT2D eigenvalue weighted by molar-refractivity contribution is 0.268. The van der Waals surface area contributed by atoms with Crippen LogP contribution in [0.5, 0.6) is 0 Å². The van der Waals surface area contributed by atoms with Gasteiger partial charge in [-0.25, -0.2) is 13.1 Å². The first kappa shape index (κ1) is 22.2. The lowest BCUT2D eigenvalue weighted by Crippen LogP contribution is -2.31. The van der Waals surface area contributed by atoms with E-state index in [-0.39, 0.29) is 5.25 Å². The number of nitrogens with one attached hydrogen (secondary N) is 2. The quantitative estimate of drug-likeness (QED) is 0.540. The molecule has 4 nitrogen and oxygen atoms in total. The SMILES string of the molecule is CC1CC(C)CC(c2ccc(NCCCCCNS(=O)(=O)C(C)C)cc2)C1. The molecule has 1 aromatic carbocycles. The summed E-state index contributed by atoms with van der Waals surface area (Å²) in [5.74, 6) is 2.38. The van der Waals surface area contributed by atoms with E-state index >= 15 is 0 Å². The van der Waals surface area contributed by atoms with Crippen molar-refractivity contribution >= 4 is 15.7 Å². The van der Waals surface area contributed by atoms with Crippen LogP contribution in [-0.2, 0) is 10.0 Å². The summed E-state index contributed by atoms with van der Waals surface area (Å²) in [7, 11) is -3.12. The molecule has 1 saturated carbocycles. The third kappa shape index (κ3) is 7.46. The average molecular weight is 395 g/mol. The van der Waals surface area contributed by atoms with Crippen molar-refractivity contribution in [3.05, 3.63) is 29.8 Å². The van der Waals surface area contributed by atoms with Gasteiger partial charge in [-0.2, -0.15) is 0 Å². The van der Waals surface area contributed by atoms with Gasteiger partial charge in [-0.1, -0.05) is 32.4 Å². The van der Waals surface area contributed by atoms with Crippen molar-refractivity contribution in [2.24, 2.45) is 11.8 Å². The largest absolute Gasteiger partial charge is 0.385 e. The summed E-state index contributed by atoms with van der Waals surface area (Å²) in [6, 6.07) is 8.99. The normalized spacial score (nSPS) is 23.5. The summed E-state index contributed by atoms with van der Waals surface area (Å²) in [6.45, 7) is 9.62. The topological polar surface area (TPSA) is 58.2 Å². The van der Waals surface area contributed by atoms with E-state index in [1.54, 1.807) is 13.8 Å². The molecule has 5 heteroatoms. The van der Waals surface area contributed by atoms with Crippen molar-refractivity contribution < 1.29 is 8.42 Å². The predicted molar refractivity (Wildman–Crippen MR) is 116 cm³/mol. The molecule has 1 fully saturated rings. The fraction of sp³-hybridized carbons (Fsp3) is 0.727. The van der Waals surface area contributed by atoms with Gasteiger partial charge in [0, 0.05) is 18.8 Å². The van der Waals surface area contributed by atoms with Gasteiger partial charge in [-0.15, -0.1) is 0 Å². The Morgan fingerprint density at radius 3 is 2.11 bits per heavy atom. The van der Waals surface area contributed by atoms with Crippen LogP contribution in [0.3, 0.4) is 0 Å². The van der Waals surface area contributed by atoms with Crippen LogP contribution in [0.2, 0.25) is 0 Å². The molecule has 0 aromatic heterocycles. The van der Waals surface area contributed by atoms with Crippen LogP contribution in [0, 0.1) is 11.8 Å². The predicted octanol–water partition coefficient (Wildman–Crippen LogP) is 5.14. The van der Waals surface area contributed by atoms with Crippen molar-refractivity contribution in [3.63, 3.8) is 0 Å². The first-order valence-corrected chi connectivity index (χ1v) is 12.1. The highest BCUT2D eigenvalue weighted by molar-refractivity contribution is 7.90. The highest BCUT2D eigenvalue weighted by atomic mass is 32.2. The molecule has 2 rings (SSSR count). The minimum Gasteiger partial charge on any atom is -0.385 e. The Kier molecular flexibility index (Phi) is 8.62. The molecule has 1 aliphatic carbocycles. The smallest absolute Gasteiger partial charge is 0.213 e.